The topological polar surface area (TPSA) is 29.0 Å². The predicted molar refractivity (Wildman–Crippen MR) is 91.9 cm³/mol. The molecule has 1 aromatic heterocycles. The van der Waals surface area contributed by atoms with Crippen molar-refractivity contribution in [2.45, 2.75) is 59.8 Å². The second-order valence-corrected chi connectivity index (χ2v) is 6.45. The van der Waals surface area contributed by atoms with Gasteiger partial charge in [-0.15, -0.1) is 0 Å². The minimum atomic E-state index is 0.592. The van der Waals surface area contributed by atoms with Gasteiger partial charge in [-0.2, -0.15) is 0 Å². The minimum absolute atomic E-state index is 0.592. The molecular weight excluding hydrogens is 265 g/mol. The third kappa shape index (κ3) is 6.17. The van der Waals surface area contributed by atoms with E-state index in [0.717, 1.165) is 36.6 Å². The van der Waals surface area contributed by atoms with Crippen LogP contribution in [0.25, 0.3) is 0 Å². The highest BCUT2D eigenvalue weighted by molar-refractivity contribution is 7.26. The molecule has 0 radical (unpaired) electrons. The molecule has 0 amide bonds. The largest absolute Gasteiger partial charge is 0.356 e. The molecule has 4 heteroatoms. The molecule has 0 aromatic carbocycles. The lowest BCUT2D eigenvalue weighted by molar-refractivity contribution is 0.617. The van der Waals surface area contributed by atoms with Crippen LogP contribution in [-0.4, -0.2) is 23.1 Å². The zero-order valence-corrected chi connectivity index (χ0v) is 14.7. The van der Waals surface area contributed by atoms with E-state index in [1.54, 1.807) is 0 Å². The predicted octanol–water partition coefficient (Wildman–Crippen LogP) is 3.58. The number of nitrogens with zero attached hydrogens (tertiary/aromatic N) is 3. The van der Waals surface area contributed by atoms with E-state index in [1.165, 1.54) is 25.7 Å². The molecule has 1 heterocycles. The number of hydrogen-bond donors (Lipinski definition) is 0. The summed E-state index contributed by atoms with van der Waals surface area (Å²) in [6.45, 7) is 11.1. The van der Waals surface area contributed by atoms with Gasteiger partial charge in [0.15, 0.2) is 0 Å². The third-order valence-electron chi connectivity index (χ3n) is 3.26. The van der Waals surface area contributed by atoms with E-state index >= 15 is 0 Å². The van der Waals surface area contributed by atoms with Crippen LogP contribution in [0.2, 0.25) is 0 Å². The van der Waals surface area contributed by atoms with Crippen LogP contribution in [-0.2, 0) is 6.42 Å². The second-order valence-electron chi connectivity index (χ2n) is 5.86. The van der Waals surface area contributed by atoms with Gasteiger partial charge in [-0.05, 0) is 18.8 Å². The number of hydrogen-bond acceptors (Lipinski definition) is 3. The first-order chi connectivity index (χ1) is 9.56. The van der Waals surface area contributed by atoms with Gasteiger partial charge in [0.1, 0.15) is 11.6 Å². The van der Waals surface area contributed by atoms with Crippen molar-refractivity contribution in [2.24, 2.45) is 5.92 Å². The molecule has 0 spiro atoms. The van der Waals surface area contributed by atoms with E-state index in [2.05, 4.69) is 52.9 Å². The standard InChI is InChI=1S/C16H30N3P/c1-5-7-9-19(10-8-6-2)15-12-16(20)18-14(17-15)11-13(3)4/h12-13H,5-11,20H2,1-4H3. The molecule has 0 aliphatic carbocycles. The fourth-order valence-electron chi connectivity index (χ4n) is 2.16. The average molecular weight is 295 g/mol. The highest BCUT2D eigenvalue weighted by Crippen LogP contribution is 2.14. The summed E-state index contributed by atoms with van der Waals surface area (Å²) in [7, 11) is 2.72. The Labute approximate surface area is 126 Å². The summed E-state index contributed by atoms with van der Waals surface area (Å²) in [5.74, 6) is 2.66. The van der Waals surface area contributed by atoms with Crippen molar-refractivity contribution in [3.8, 4) is 0 Å². The molecule has 0 bridgehead atoms. The van der Waals surface area contributed by atoms with Gasteiger partial charge in [-0.3, -0.25) is 0 Å². The van der Waals surface area contributed by atoms with E-state index in [0.29, 0.717) is 5.92 Å². The zero-order valence-electron chi connectivity index (χ0n) is 13.5. The molecule has 1 atom stereocenters. The summed E-state index contributed by atoms with van der Waals surface area (Å²) in [4.78, 5) is 11.7. The molecule has 0 saturated heterocycles. The third-order valence-corrected chi connectivity index (χ3v) is 3.55. The lowest BCUT2D eigenvalue weighted by Gasteiger charge is -2.24. The molecule has 0 fully saturated rings. The first kappa shape index (κ1) is 17.4. The Morgan fingerprint density at radius 3 is 2.20 bits per heavy atom. The van der Waals surface area contributed by atoms with Gasteiger partial charge in [0.2, 0.25) is 0 Å². The Balaban J connectivity index is 2.89. The van der Waals surface area contributed by atoms with Crippen LogP contribution in [0, 0.1) is 5.92 Å². The van der Waals surface area contributed by atoms with Crippen LogP contribution in [0.1, 0.15) is 59.2 Å². The Morgan fingerprint density at radius 1 is 1.10 bits per heavy atom. The van der Waals surface area contributed by atoms with Crippen molar-refractivity contribution in [3.05, 3.63) is 11.9 Å². The first-order valence-corrected chi connectivity index (χ1v) is 8.52. The molecule has 0 saturated carbocycles. The number of unbranched alkanes of at least 4 members (excludes halogenated alkanes) is 2. The molecule has 1 aromatic rings. The molecule has 0 aliphatic heterocycles. The van der Waals surface area contributed by atoms with Crippen LogP contribution in [0.5, 0.6) is 0 Å². The van der Waals surface area contributed by atoms with Crippen molar-refractivity contribution < 1.29 is 0 Å². The summed E-state index contributed by atoms with van der Waals surface area (Å²) >= 11 is 0. The zero-order chi connectivity index (χ0) is 15.0. The van der Waals surface area contributed by atoms with Gasteiger partial charge < -0.3 is 4.90 Å². The van der Waals surface area contributed by atoms with Crippen LogP contribution in [0.15, 0.2) is 6.07 Å². The summed E-state index contributed by atoms with van der Waals surface area (Å²) < 4.78 is 0. The Kier molecular flexibility index (Phi) is 8.06. The van der Waals surface area contributed by atoms with Crippen molar-refractivity contribution >= 4 is 20.5 Å². The van der Waals surface area contributed by atoms with E-state index in [4.69, 9.17) is 4.98 Å². The summed E-state index contributed by atoms with van der Waals surface area (Å²) in [5, 5.41) is 0. The molecule has 0 aliphatic rings. The molecular formula is C16H30N3P. The quantitative estimate of drug-likeness (QED) is 0.652. The summed E-state index contributed by atoms with van der Waals surface area (Å²) in [5.41, 5.74) is 1.00. The normalized spacial score (nSPS) is 11.1. The van der Waals surface area contributed by atoms with Gasteiger partial charge in [-0.25, -0.2) is 9.97 Å². The maximum absolute atomic E-state index is 4.78. The number of rotatable bonds is 9. The SMILES string of the molecule is CCCCN(CCCC)c1cc(P)nc(CC(C)C)n1. The molecule has 3 nitrogen and oxygen atoms in total. The maximum Gasteiger partial charge on any atom is 0.132 e. The van der Waals surface area contributed by atoms with Gasteiger partial charge in [0.05, 0.1) is 5.44 Å². The fourth-order valence-corrected chi connectivity index (χ4v) is 2.46. The smallest absolute Gasteiger partial charge is 0.132 e. The van der Waals surface area contributed by atoms with Crippen LogP contribution >= 0.6 is 9.24 Å². The van der Waals surface area contributed by atoms with Gasteiger partial charge >= 0.3 is 0 Å². The second kappa shape index (κ2) is 9.28. The summed E-state index contributed by atoms with van der Waals surface area (Å²) in [6.07, 6.45) is 5.84. The average Bonchev–Trinajstić information content (AvgIpc) is 2.37. The fraction of sp³-hybridized carbons (Fsp3) is 0.750. The van der Waals surface area contributed by atoms with Crippen LogP contribution in [0.4, 0.5) is 5.82 Å². The first-order valence-electron chi connectivity index (χ1n) is 7.95. The van der Waals surface area contributed by atoms with Crippen molar-refractivity contribution in [1.82, 2.24) is 9.97 Å². The maximum atomic E-state index is 4.78. The van der Waals surface area contributed by atoms with E-state index in [-0.39, 0.29) is 0 Å². The minimum Gasteiger partial charge on any atom is -0.356 e. The van der Waals surface area contributed by atoms with E-state index in [1.807, 2.05) is 0 Å². The van der Waals surface area contributed by atoms with Crippen molar-refractivity contribution in [3.63, 3.8) is 0 Å². The molecule has 1 unspecified atom stereocenters. The van der Waals surface area contributed by atoms with Gasteiger partial charge in [-0.1, -0.05) is 49.8 Å². The summed E-state index contributed by atoms with van der Waals surface area (Å²) in [6, 6.07) is 2.10. The lowest BCUT2D eigenvalue weighted by atomic mass is 10.1. The molecule has 0 N–H and O–H groups in total. The van der Waals surface area contributed by atoms with Crippen LogP contribution in [0.3, 0.4) is 0 Å². The Morgan fingerprint density at radius 2 is 1.70 bits per heavy atom. The number of anilines is 1. The van der Waals surface area contributed by atoms with E-state index in [9.17, 15) is 0 Å². The lowest BCUT2D eigenvalue weighted by Crippen LogP contribution is -2.28. The van der Waals surface area contributed by atoms with Crippen molar-refractivity contribution in [2.75, 3.05) is 18.0 Å². The van der Waals surface area contributed by atoms with Crippen molar-refractivity contribution in [1.29, 1.82) is 0 Å². The molecule has 20 heavy (non-hydrogen) atoms. The molecule has 1 rings (SSSR count). The van der Waals surface area contributed by atoms with E-state index < -0.39 is 0 Å². The molecule has 114 valence electrons. The van der Waals surface area contributed by atoms with Crippen LogP contribution < -0.4 is 10.3 Å². The Hall–Kier alpha value is -0.690. The number of aromatic nitrogens is 2. The highest BCUT2D eigenvalue weighted by atomic mass is 31.0. The monoisotopic (exact) mass is 295 g/mol. The van der Waals surface area contributed by atoms with Gasteiger partial charge in [0.25, 0.3) is 0 Å². The van der Waals surface area contributed by atoms with Gasteiger partial charge in [0, 0.05) is 25.6 Å². The highest BCUT2D eigenvalue weighted by Gasteiger charge is 2.11. The Bertz CT molecular complexity index is 385.